The number of aromatic nitrogens is 2. The molecule has 0 aliphatic heterocycles. The second-order valence-corrected chi connectivity index (χ2v) is 8.75. The fourth-order valence-corrected chi connectivity index (χ4v) is 4.21. The first-order valence-corrected chi connectivity index (χ1v) is 10.9. The van der Waals surface area contributed by atoms with Crippen LogP contribution >= 0.6 is 11.6 Å². The molecule has 0 aliphatic rings. The molecule has 0 fully saturated rings. The first-order valence-electron chi connectivity index (χ1n) is 9.09. The smallest absolute Gasteiger partial charge is 0.344 e. The van der Waals surface area contributed by atoms with Crippen molar-refractivity contribution < 1.29 is 17.9 Å². The maximum Gasteiger partial charge on any atom is 0.344 e. The Morgan fingerprint density at radius 2 is 1.52 bits per heavy atom. The van der Waals surface area contributed by atoms with E-state index < -0.39 is 16.0 Å². The zero-order valence-electron chi connectivity index (χ0n) is 16.0. The van der Waals surface area contributed by atoms with Gasteiger partial charge >= 0.3 is 5.97 Å². The van der Waals surface area contributed by atoms with Crippen LogP contribution in [0, 0.1) is 0 Å². The van der Waals surface area contributed by atoms with Gasteiger partial charge < -0.3 is 10.5 Å². The van der Waals surface area contributed by atoms with E-state index in [9.17, 15) is 13.2 Å². The SMILES string of the molecule is Nc1cc(OC(=O)c2ccc(-c3ccccc3)cc2)nn1S(=O)(=O)c1ccc(Cl)cc1. The monoisotopic (exact) mass is 453 g/mol. The van der Waals surface area contributed by atoms with E-state index in [1.165, 1.54) is 30.3 Å². The second kappa shape index (κ2) is 8.25. The minimum atomic E-state index is -4.07. The van der Waals surface area contributed by atoms with Gasteiger partial charge in [0, 0.05) is 11.1 Å². The first kappa shape index (κ1) is 20.6. The molecule has 4 aromatic rings. The Kier molecular flexibility index (Phi) is 5.50. The van der Waals surface area contributed by atoms with Crippen molar-refractivity contribution in [1.82, 2.24) is 9.19 Å². The largest absolute Gasteiger partial charge is 0.402 e. The highest BCUT2D eigenvalue weighted by Crippen LogP contribution is 2.24. The molecule has 0 bridgehead atoms. The van der Waals surface area contributed by atoms with Crippen molar-refractivity contribution in [2.24, 2.45) is 0 Å². The number of carbonyl (C=O) groups is 1. The average Bonchev–Trinajstić information content (AvgIpc) is 3.15. The molecule has 0 saturated heterocycles. The zero-order chi connectivity index (χ0) is 22.0. The number of carbonyl (C=O) groups excluding carboxylic acids is 1. The summed E-state index contributed by atoms with van der Waals surface area (Å²) in [5.74, 6) is -1.11. The van der Waals surface area contributed by atoms with Gasteiger partial charge in [-0.1, -0.05) is 54.1 Å². The molecule has 156 valence electrons. The molecule has 9 heteroatoms. The Balaban J connectivity index is 1.54. The second-order valence-electron chi connectivity index (χ2n) is 6.54. The third-order valence-electron chi connectivity index (χ3n) is 4.45. The maximum atomic E-state index is 12.7. The number of anilines is 1. The number of hydrogen-bond donors (Lipinski definition) is 1. The molecule has 0 atom stereocenters. The van der Waals surface area contributed by atoms with E-state index in [0.29, 0.717) is 9.11 Å². The molecule has 7 nitrogen and oxygen atoms in total. The van der Waals surface area contributed by atoms with Crippen LogP contribution in [-0.2, 0) is 10.0 Å². The number of esters is 1. The van der Waals surface area contributed by atoms with Crippen LogP contribution < -0.4 is 10.5 Å². The third-order valence-corrected chi connectivity index (χ3v) is 6.31. The molecule has 1 aromatic heterocycles. The van der Waals surface area contributed by atoms with E-state index in [0.717, 1.165) is 11.1 Å². The highest BCUT2D eigenvalue weighted by molar-refractivity contribution is 7.90. The summed E-state index contributed by atoms with van der Waals surface area (Å²) in [6.07, 6.45) is 0. The van der Waals surface area contributed by atoms with Crippen LogP contribution in [0.1, 0.15) is 10.4 Å². The van der Waals surface area contributed by atoms with Crippen LogP contribution in [0.3, 0.4) is 0 Å². The van der Waals surface area contributed by atoms with Crippen molar-refractivity contribution in [1.29, 1.82) is 0 Å². The van der Waals surface area contributed by atoms with Gasteiger partial charge in [-0.2, -0.15) is 8.42 Å². The Hall–Kier alpha value is -3.62. The van der Waals surface area contributed by atoms with Gasteiger partial charge in [0.2, 0.25) is 5.88 Å². The normalized spacial score (nSPS) is 11.3. The lowest BCUT2D eigenvalue weighted by molar-refractivity contribution is 0.0727. The Morgan fingerprint density at radius 3 is 2.16 bits per heavy atom. The van der Waals surface area contributed by atoms with Crippen LogP contribution in [0.2, 0.25) is 5.02 Å². The number of ether oxygens (including phenoxy) is 1. The summed E-state index contributed by atoms with van der Waals surface area (Å²) in [5, 5.41) is 4.23. The number of nitrogens with zero attached hydrogens (tertiary/aromatic N) is 2. The lowest BCUT2D eigenvalue weighted by atomic mass is 10.0. The molecular formula is C22H16ClN3O4S. The van der Waals surface area contributed by atoms with E-state index in [4.69, 9.17) is 22.1 Å². The van der Waals surface area contributed by atoms with E-state index in [1.54, 1.807) is 24.3 Å². The van der Waals surface area contributed by atoms with Crippen LogP contribution in [0.4, 0.5) is 5.82 Å². The van der Waals surface area contributed by atoms with Crippen LogP contribution in [0.25, 0.3) is 11.1 Å². The Morgan fingerprint density at radius 1 is 0.903 bits per heavy atom. The van der Waals surface area contributed by atoms with Crippen molar-refractivity contribution in [3.8, 4) is 17.0 Å². The van der Waals surface area contributed by atoms with E-state index in [-0.39, 0.29) is 22.2 Å². The predicted molar refractivity (Wildman–Crippen MR) is 118 cm³/mol. The number of benzene rings is 3. The van der Waals surface area contributed by atoms with Crippen molar-refractivity contribution in [2.45, 2.75) is 4.90 Å². The molecule has 4 rings (SSSR count). The summed E-state index contributed by atoms with van der Waals surface area (Å²) in [5.41, 5.74) is 8.04. The number of rotatable bonds is 5. The fraction of sp³-hybridized carbons (Fsp3) is 0. The molecule has 1 heterocycles. The maximum absolute atomic E-state index is 12.7. The van der Waals surface area contributed by atoms with Crippen LogP contribution in [0.15, 0.2) is 89.8 Å². The van der Waals surface area contributed by atoms with E-state index in [2.05, 4.69) is 5.10 Å². The van der Waals surface area contributed by atoms with E-state index in [1.807, 2.05) is 30.3 Å². The highest BCUT2D eigenvalue weighted by Gasteiger charge is 2.23. The summed E-state index contributed by atoms with van der Waals surface area (Å²) < 4.78 is 31.3. The van der Waals surface area contributed by atoms with E-state index >= 15 is 0 Å². The average molecular weight is 454 g/mol. The molecule has 0 radical (unpaired) electrons. The molecule has 31 heavy (non-hydrogen) atoms. The summed E-state index contributed by atoms with van der Waals surface area (Å²) in [6.45, 7) is 0. The van der Waals surface area contributed by atoms with Crippen molar-refractivity contribution >= 4 is 33.4 Å². The third kappa shape index (κ3) is 4.30. The van der Waals surface area contributed by atoms with Gasteiger partial charge in [-0.25, -0.2) is 4.79 Å². The topological polar surface area (TPSA) is 104 Å². The standard InChI is InChI=1S/C22H16ClN3O4S/c23-18-10-12-19(13-11-18)31(28,29)26-20(24)14-21(25-26)30-22(27)17-8-6-16(7-9-17)15-4-2-1-3-5-15/h1-14H,24H2. The minimum Gasteiger partial charge on any atom is -0.402 e. The lowest BCUT2D eigenvalue weighted by Crippen LogP contribution is -2.17. The van der Waals surface area contributed by atoms with Crippen LogP contribution in [-0.4, -0.2) is 23.6 Å². The molecule has 0 saturated carbocycles. The summed E-state index contributed by atoms with van der Waals surface area (Å²) in [4.78, 5) is 12.4. The molecule has 0 spiro atoms. The van der Waals surface area contributed by atoms with Gasteiger partial charge in [-0.05, 0) is 47.5 Å². The number of halogens is 1. The molecular weight excluding hydrogens is 438 g/mol. The predicted octanol–water partition coefficient (Wildman–Crippen LogP) is 4.24. The first-order chi connectivity index (χ1) is 14.8. The fourth-order valence-electron chi connectivity index (χ4n) is 2.89. The zero-order valence-corrected chi connectivity index (χ0v) is 17.5. The quantitative estimate of drug-likeness (QED) is 0.453. The van der Waals surface area contributed by atoms with Crippen LogP contribution in [0.5, 0.6) is 5.88 Å². The molecule has 0 unspecified atom stereocenters. The Bertz CT molecular complexity index is 1330. The minimum absolute atomic E-state index is 0.0546. The lowest BCUT2D eigenvalue weighted by Gasteiger charge is -2.06. The molecule has 3 aromatic carbocycles. The number of nitrogens with two attached hydrogens (primary N) is 1. The number of hydrogen-bond acceptors (Lipinski definition) is 6. The molecule has 2 N–H and O–H groups in total. The molecule has 0 amide bonds. The summed E-state index contributed by atoms with van der Waals surface area (Å²) in [6, 6.07) is 23.2. The summed E-state index contributed by atoms with van der Waals surface area (Å²) >= 11 is 5.80. The summed E-state index contributed by atoms with van der Waals surface area (Å²) in [7, 11) is -4.07. The van der Waals surface area contributed by atoms with Gasteiger partial charge in [0.25, 0.3) is 10.0 Å². The van der Waals surface area contributed by atoms with Gasteiger partial charge in [-0.15, -0.1) is 9.19 Å². The van der Waals surface area contributed by atoms with Gasteiger partial charge in [-0.3, -0.25) is 0 Å². The van der Waals surface area contributed by atoms with Crippen molar-refractivity contribution in [3.05, 3.63) is 95.5 Å². The van der Waals surface area contributed by atoms with Gasteiger partial charge in [0.05, 0.1) is 10.5 Å². The van der Waals surface area contributed by atoms with Gasteiger partial charge in [0.1, 0.15) is 5.82 Å². The Labute approximate surface area is 183 Å². The molecule has 0 aliphatic carbocycles. The van der Waals surface area contributed by atoms with Crippen molar-refractivity contribution in [3.63, 3.8) is 0 Å². The number of nitrogen functional groups attached to an aromatic ring is 1. The van der Waals surface area contributed by atoms with Gasteiger partial charge in [0.15, 0.2) is 0 Å². The highest BCUT2D eigenvalue weighted by atomic mass is 35.5. The van der Waals surface area contributed by atoms with Crippen molar-refractivity contribution in [2.75, 3.05) is 5.73 Å².